The van der Waals surface area contributed by atoms with E-state index in [2.05, 4.69) is 20.4 Å². The predicted molar refractivity (Wildman–Crippen MR) is 34.0 cm³/mol. The van der Waals surface area contributed by atoms with E-state index in [1.807, 2.05) is 6.08 Å². The SMILES string of the molecule is [CH2]CCC(C)C=C. The molecule has 0 nitrogen and oxygen atoms in total. The van der Waals surface area contributed by atoms with Crippen LogP contribution >= 0.6 is 0 Å². The van der Waals surface area contributed by atoms with Crippen LogP contribution in [0.2, 0.25) is 0 Å². The van der Waals surface area contributed by atoms with Crippen molar-refractivity contribution in [2.24, 2.45) is 5.92 Å². The van der Waals surface area contributed by atoms with Crippen molar-refractivity contribution in [2.45, 2.75) is 19.8 Å². The molecule has 0 aromatic heterocycles. The van der Waals surface area contributed by atoms with Crippen LogP contribution in [0.25, 0.3) is 0 Å². The van der Waals surface area contributed by atoms with Crippen molar-refractivity contribution in [3.05, 3.63) is 19.6 Å². The molecule has 1 atom stereocenters. The Hall–Kier alpha value is -0.260. The molecule has 0 spiro atoms. The van der Waals surface area contributed by atoms with E-state index in [-0.39, 0.29) is 0 Å². The van der Waals surface area contributed by atoms with E-state index in [1.54, 1.807) is 0 Å². The molecule has 0 amide bonds. The number of allylic oxidation sites excluding steroid dienone is 1. The van der Waals surface area contributed by atoms with Gasteiger partial charge in [0.15, 0.2) is 0 Å². The standard InChI is InChI=1S/C7H13/c1-4-6-7(3)5-2/h5,7H,1-2,4,6H2,3H3. The highest BCUT2D eigenvalue weighted by Crippen LogP contribution is 2.03. The molecule has 0 heterocycles. The van der Waals surface area contributed by atoms with Gasteiger partial charge in [0.05, 0.1) is 0 Å². The van der Waals surface area contributed by atoms with Gasteiger partial charge in [0.1, 0.15) is 0 Å². The largest absolute Gasteiger partial charge is 0.103 e. The summed E-state index contributed by atoms with van der Waals surface area (Å²) in [6.45, 7) is 9.53. The van der Waals surface area contributed by atoms with E-state index >= 15 is 0 Å². The molecule has 0 saturated carbocycles. The molecule has 0 aliphatic rings. The Morgan fingerprint density at radius 3 is 2.43 bits per heavy atom. The highest BCUT2D eigenvalue weighted by atomic mass is 13.9. The Morgan fingerprint density at radius 2 is 2.29 bits per heavy atom. The van der Waals surface area contributed by atoms with Gasteiger partial charge in [-0.3, -0.25) is 0 Å². The van der Waals surface area contributed by atoms with E-state index in [0.717, 1.165) is 6.42 Å². The zero-order valence-corrected chi connectivity index (χ0v) is 4.98. The highest BCUT2D eigenvalue weighted by molar-refractivity contribution is 4.74. The van der Waals surface area contributed by atoms with Crippen LogP contribution in [0, 0.1) is 12.8 Å². The van der Waals surface area contributed by atoms with E-state index in [0.29, 0.717) is 5.92 Å². The van der Waals surface area contributed by atoms with Crippen molar-refractivity contribution in [1.82, 2.24) is 0 Å². The van der Waals surface area contributed by atoms with Gasteiger partial charge in [-0.05, 0) is 12.3 Å². The van der Waals surface area contributed by atoms with Crippen molar-refractivity contribution in [1.29, 1.82) is 0 Å². The minimum Gasteiger partial charge on any atom is -0.103 e. The second kappa shape index (κ2) is 3.91. The van der Waals surface area contributed by atoms with E-state index in [1.165, 1.54) is 6.42 Å². The van der Waals surface area contributed by atoms with Gasteiger partial charge in [-0.25, -0.2) is 0 Å². The van der Waals surface area contributed by atoms with E-state index < -0.39 is 0 Å². The lowest BCUT2D eigenvalue weighted by molar-refractivity contribution is 0.658. The molecule has 0 bridgehead atoms. The molecule has 0 aromatic rings. The maximum Gasteiger partial charge on any atom is -0.0265 e. The van der Waals surface area contributed by atoms with Crippen LogP contribution < -0.4 is 0 Å². The molecule has 0 heteroatoms. The maximum atomic E-state index is 3.73. The van der Waals surface area contributed by atoms with Crippen LogP contribution in [0.3, 0.4) is 0 Å². The average Bonchev–Trinajstić information content (AvgIpc) is 1.68. The van der Waals surface area contributed by atoms with Crippen molar-refractivity contribution in [3.63, 3.8) is 0 Å². The fourth-order valence-electron chi connectivity index (χ4n) is 0.440. The maximum absolute atomic E-state index is 3.73. The minimum absolute atomic E-state index is 0.650. The van der Waals surface area contributed by atoms with Gasteiger partial charge in [0, 0.05) is 0 Å². The quantitative estimate of drug-likeness (QED) is 0.474. The normalized spacial score (nSPS) is 13.4. The molecule has 0 aromatic carbocycles. The van der Waals surface area contributed by atoms with Crippen molar-refractivity contribution in [2.75, 3.05) is 0 Å². The van der Waals surface area contributed by atoms with Crippen molar-refractivity contribution < 1.29 is 0 Å². The molecule has 0 fully saturated rings. The zero-order valence-electron chi connectivity index (χ0n) is 4.98. The third-order valence-electron chi connectivity index (χ3n) is 1.06. The summed E-state index contributed by atoms with van der Waals surface area (Å²) in [5.41, 5.74) is 0. The Bertz CT molecular complexity index is 46.0. The van der Waals surface area contributed by atoms with Gasteiger partial charge in [-0.2, -0.15) is 0 Å². The second-order valence-corrected chi connectivity index (χ2v) is 1.86. The van der Waals surface area contributed by atoms with Gasteiger partial charge in [-0.1, -0.05) is 26.3 Å². The van der Waals surface area contributed by atoms with Crippen LogP contribution in [0.4, 0.5) is 0 Å². The number of hydrogen-bond donors (Lipinski definition) is 0. The van der Waals surface area contributed by atoms with Gasteiger partial charge >= 0.3 is 0 Å². The molecule has 0 rings (SSSR count). The zero-order chi connectivity index (χ0) is 5.70. The van der Waals surface area contributed by atoms with Gasteiger partial charge < -0.3 is 0 Å². The van der Waals surface area contributed by atoms with Gasteiger partial charge in [0.25, 0.3) is 0 Å². The monoisotopic (exact) mass is 97.1 g/mol. The van der Waals surface area contributed by atoms with E-state index in [9.17, 15) is 0 Å². The first-order valence-electron chi connectivity index (χ1n) is 2.73. The summed E-state index contributed by atoms with van der Waals surface area (Å²) < 4.78 is 0. The molecule has 0 N–H and O–H groups in total. The van der Waals surface area contributed by atoms with Crippen LogP contribution in [0.1, 0.15) is 19.8 Å². The first-order chi connectivity index (χ1) is 3.31. The fraction of sp³-hybridized carbons (Fsp3) is 0.571. The Kier molecular flexibility index (Phi) is 3.77. The topological polar surface area (TPSA) is 0 Å². The lowest BCUT2D eigenvalue weighted by Gasteiger charge is -1.98. The first-order valence-corrected chi connectivity index (χ1v) is 2.73. The minimum atomic E-state index is 0.650. The van der Waals surface area contributed by atoms with Crippen molar-refractivity contribution >= 4 is 0 Å². The average molecular weight is 97.2 g/mol. The molecular formula is C7H13. The lowest BCUT2D eigenvalue weighted by Crippen LogP contribution is -1.84. The summed E-state index contributed by atoms with van der Waals surface area (Å²) in [5.74, 6) is 0.650. The van der Waals surface area contributed by atoms with E-state index in [4.69, 9.17) is 0 Å². The van der Waals surface area contributed by atoms with Crippen LogP contribution in [0.15, 0.2) is 12.7 Å². The second-order valence-electron chi connectivity index (χ2n) is 1.86. The summed E-state index contributed by atoms with van der Waals surface area (Å²) in [6.07, 6.45) is 4.15. The van der Waals surface area contributed by atoms with Crippen LogP contribution in [-0.2, 0) is 0 Å². The summed E-state index contributed by atoms with van der Waals surface area (Å²) in [6, 6.07) is 0. The molecule has 0 aliphatic heterocycles. The third kappa shape index (κ3) is 3.57. The number of hydrogen-bond acceptors (Lipinski definition) is 0. The van der Waals surface area contributed by atoms with Gasteiger partial charge in [-0.15, -0.1) is 6.58 Å². The van der Waals surface area contributed by atoms with Crippen LogP contribution in [0.5, 0.6) is 0 Å². The third-order valence-corrected chi connectivity index (χ3v) is 1.06. The molecule has 0 saturated heterocycles. The molecule has 41 valence electrons. The summed E-state index contributed by atoms with van der Waals surface area (Å²) in [4.78, 5) is 0. The fourth-order valence-corrected chi connectivity index (χ4v) is 0.440. The Labute approximate surface area is 46.2 Å². The summed E-state index contributed by atoms with van der Waals surface area (Å²) in [7, 11) is 0. The molecule has 1 unspecified atom stereocenters. The number of rotatable bonds is 3. The van der Waals surface area contributed by atoms with Crippen LogP contribution in [-0.4, -0.2) is 0 Å². The molecule has 1 radical (unpaired) electrons. The smallest absolute Gasteiger partial charge is 0.0265 e. The summed E-state index contributed by atoms with van der Waals surface area (Å²) >= 11 is 0. The Balaban J connectivity index is 2.98. The predicted octanol–water partition coefficient (Wildman–Crippen LogP) is 2.42. The highest BCUT2D eigenvalue weighted by Gasteiger charge is 1.89. The summed E-state index contributed by atoms with van der Waals surface area (Å²) in [5, 5.41) is 0. The molecule has 0 aliphatic carbocycles. The first kappa shape index (κ1) is 6.74. The molecule has 7 heavy (non-hydrogen) atoms. The van der Waals surface area contributed by atoms with Crippen molar-refractivity contribution in [3.8, 4) is 0 Å². The molecular weight excluding hydrogens is 84.1 g/mol. The van der Waals surface area contributed by atoms with Gasteiger partial charge in [0.2, 0.25) is 0 Å². The lowest BCUT2D eigenvalue weighted by atomic mass is 10.1. The Morgan fingerprint density at radius 1 is 1.71 bits per heavy atom.